The Morgan fingerprint density at radius 3 is 2.75 bits per heavy atom. The first-order valence-electron chi connectivity index (χ1n) is 9.85. The summed E-state index contributed by atoms with van der Waals surface area (Å²) in [6.45, 7) is 4.94. The van der Waals surface area contributed by atoms with Crippen LogP contribution in [-0.2, 0) is 16.1 Å². The molecule has 2 amide bonds. The van der Waals surface area contributed by atoms with E-state index in [9.17, 15) is 9.59 Å². The Hall–Kier alpha value is -2.22. The quantitative estimate of drug-likeness (QED) is 0.783. The molecule has 0 aliphatic carbocycles. The monoisotopic (exact) mass is 398 g/mol. The lowest BCUT2D eigenvalue weighted by Gasteiger charge is -2.38. The summed E-state index contributed by atoms with van der Waals surface area (Å²) in [7, 11) is 0. The van der Waals surface area contributed by atoms with Crippen LogP contribution in [0.1, 0.15) is 18.2 Å². The number of rotatable bonds is 6. The molecule has 3 atom stereocenters. The van der Waals surface area contributed by atoms with E-state index in [-0.39, 0.29) is 29.7 Å². The smallest absolute Gasteiger partial charge is 0.247 e. The van der Waals surface area contributed by atoms with Crippen LogP contribution >= 0.6 is 11.3 Å². The van der Waals surface area contributed by atoms with Crippen molar-refractivity contribution in [1.29, 1.82) is 0 Å². The number of hydrogen-bond acceptors (Lipinski definition) is 5. The van der Waals surface area contributed by atoms with Crippen LogP contribution in [0.4, 0.5) is 5.69 Å². The summed E-state index contributed by atoms with van der Waals surface area (Å²) in [5.41, 5.74) is 4.17. The number of para-hydroxylation sites is 1. The maximum Gasteiger partial charge on any atom is 0.247 e. The van der Waals surface area contributed by atoms with Gasteiger partial charge in [-0.1, -0.05) is 31.2 Å². The Bertz CT molecular complexity index is 811. The molecular formula is C21H26N4O2S. The minimum Gasteiger partial charge on any atom is -0.351 e. The van der Waals surface area contributed by atoms with Crippen molar-refractivity contribution in [3.63, 3.8) is 0 Å². The summed E-state index contributed by atoms with van der Waals surface area (Å²) in [5, 5.41) is 6.71. The SMILES string of the molecule is CCCN1CC(C(=O)NCc2cccs2)C2NN(c3ccccc3)C(=O)C2C1. The van der Waals surface area contributed by atoms with Crippen molar-refractivity contribution in [3.05, 3.63) is 52.7 Å². The lowest BCUT2D eigenvalue weighted by Crippen LogP contribution is -2.57. The van der Waals surface area contributed by atoms with E-state index in [2.05, 4.69) is 22.6 Å². The highest BCUT2D eigenvalue weighted by atomic mass is 32.1. The summed E-state index contributed by atoms with van der Waals surface area (Å²) in [5.74, 6) is -0.409. The Morgan fingerprint density at radius 2 is 2.04 bits per heavy atom. The normalized spacial score (nSPS) is 25.0. The zero-order valence-electron chi connectivity index (χ0n) is 16.0. The van der Waals surface area contributed by atoms with Crippen molar-refractivity contribution in [2.75, 3.05) is 24.6 Å². The number of thiophene rings is 1. The zero-order valence-corrected chi connectivity index (χ0v) is 16.8. The standard InChI is InChI=1S/C21H26N4O2S/c1-2-10-24-13-17(20(26)22-12-16-9-6-11-28-16)19-18(14-24)21(27)25(23-19)15-7-4-3-5-8-15/h3-9,11,17-19,23H,2,10,12-14H2,1H3,(H,22,26). The second-order valence-corrected chi connectivity index (χ2v) is 8.47. The fraction of sp³-hybridized carbons (Fsp3) is 0.429. The summed E-state index contributed by atoms with van der Waals surface area (Å²) in [6, 6.07) is 13.4. The number of hydrogen-bond donors (Lipinski definition) is 2. The lowest BCUT2D eigenvalue weighted by atomic mass is 9.84. The van der Waals surface area contributed by atoms with Crippen LogP contribution in [0.2, 0.25) is 0 Å². The van der Waals surface area contributed by atoms with Gasteiger partial charge < -0.3 is 10.2 Å². The molecular weight excluding hydrogens is 372 g/mol. The number of amides is 2. The summed E-state index contributed by atoms with van der Waals surface area (Å²) in [6.07, 6.45) is 1.00. The Labute approximate surface area is 169 Å². The molecule has 2 aliphatic rings. The van der Waals surface area contributed by atoms with Gasteiger partial charge in [0.2, 0.25) is 11.8 Å². The number of benzene rings is 1. The van der Waals surface area contributed by atoms with Gasteiger partial charge in [-0.05, 0) is 36.5 Å². The number of piperidine rings is 1. The van der Waals surface area contributed by atoms with Crippen LogP contribution in [0.25, 0.3) is 0 Å². The van der Waals surface area contributed by atoms with Gasteiger partial charge >= 0.3 is 0 Å². The molecule has 28 heavy (non-hydrogen) atoms. The molecule has 2 fully saturated rings. The van der Waals surface area contributed by atoms with Gasteiger partial charge in [-0.2, -0.15) is 0 Å². The number of carbonyl (C=O) groups is 2. The van der Waals surface area contributed by atoms with Crippen molar-refractivity contribution in [3.8, 4) is 0 Å². The molecule has 2 aliphatic heterocycles. The molecule has 2 aromatic rings. The highest BCUT2D eigenvalue weighted by Crippen LogP contribution is 2.32. The minimum absolute atomic E-state index is 0.0133. The Balaban J connectivity index is 1.53. The highest BCUT2D eigenvalue weighted by molar-refractivity contribution is 7.09. The Morgan fingerprint density at radius 1 is 1.21 bits per heavy atom. The molecule has 6 nitrogen and oxygen atoms in total. The van der Waals surface area contributed by atoms with Gasteiger partial charge in [-0.15, -0.1) is 11.3 Å². The van der Waals surface area contributed by atoms with Gasteiger partial charge in [-0.25, -0.2) is 10.4 Å². The Kier molecular flexibility index (Phi) is 5.75. The summed E-state index contributed by atoms with van der Waals surface area (Å²) < 4.78 is 0. The van der Waals surface area contributed by atoms with Gasteiger partial charge in [0.05, 0.1) is 30.1 Å². The van der Waals surface area contributed by atoms with Crippen molar-refractivity contribution in [2.45, 2.75) is 25.9 Å². The third-order valence-corrected chi connectivity index (χ3v) is 6.38. The van der Waals surface area contributed by atoms with E-state index in [1.165, 1.54) is 0 Å². The minimum atomic E-state index is -0.261. The number of fused-ring (bicyclic) bond motifs is 1. The zero-order chi connectivity index (χ0) is 19.5. The maximum atomic E-state index is 13.1. The molecule has 0 saturated carbocycles. The van der Waals surface area contributed by atoms with Crippen molar-refractivity contribution < 1.29 is 9.59 Å². The number of nitrogens with zero attached hydrogens (tertiary/aromatic N) is 2. The largest absolute Gasteiger partial charge is 0.351 e. The van der Waals surface area contributed by atoms with Gasteiger partial charge in [-0.3, -0.25) is 9.59 Å². The summed E-state index contributed by atoms with van der Waals surface area (Å²) >= 11 is 1.63. The second-order valence-electron chi connectivity index (χ2n) is 7.43. The number of likely N-dealkylation sites (tertiary alicyclic amines) is 1. The van der Waals surface area contributed by atoms with E-state index in [0.29, 0.717) is 19.6 Å². The van der Waals surface area contributed by atoms with Crippen LogP contribution in [0.3, 0.4) is 0 Å². The number of nitrogens with one attached hydrogen (secondary N) is 2. The molecule has 0 radical (unpaired) electrons. The highest BCUT2D eigenvalue weighted by Gasteiger charge is 2.50. The van der Waals surface area contributed by atoms with E-state index < -0.39 is 0 Å². The summed E-state index contributed by atoms with van der Waals surface area (Å²) in [4.78, 5) is 29.5. The first kappa shape index (κ1) is 19.1. The fourth-order valence-electron chi connectivity index (χ4n) is 4.17. The molecule has 1 aromatic heterocycles. The second kappa shape index (κ2) is 8.43. The van der Waals surface area contributed by atoms with E-state index >= 15 is 0 Å². The van der Waals surface area contributed by atoms with Crippen LogP contribution in [-0.4, -0.2) is 42.4 Å². The van der Waals surface area contributed by atoms with Gasteiger partial charge in [0.15, 0.2) is 0 Å². The molecule has 0 spiro atoms. The molecule has 148 valence electrons. The topological polar surface area (TPSA) is 64.7 Å². The van der Waals surface area contributed by atoms with Crippen LogP contribution in [0.5, 0.6) is 0 Å². The predicted molar refractivity (Wildman–Crippen MR) is 111 cm³/mol. The predicted octanol–water partition coefficient (Wildman–Crippen LogP) is 2.24. The first-order chi connectivity index (χ1) is 13.7. The van der Waals surface area contributed by atoms with E-state index in [0.717, 1.165) is 23.5 Å². The fourth-order valence-corrected chi connectivity index (χ4v) is 4.82. The molecule has 7 heteroatoms. The van der Waals surface area contributed by atoms with Crippen LogP contribution in [0.15, 0.2) is 47.8 Å². The average molecular weight is 399 g/mol. The lowest BCUT2D eigenvalue weighted by molar-refractivity contribution is -0.130. The first-order valence-corrected chi connectivity index (χ1v) is 10.7. The number of hydrazine groups is 1. The molecule has 3 heterocycles. The van der Waals surface area contributed by atoms with E-state index in [1.54, 1.807) is 16.3 Å². The van der Waals surface area contributed by atoms with Crippen molar-refractivity contribution in [1.82, 2.24) is 15.6 Å². The molecule has 2 saturated heterocycles. The number of anilines is 1. The average Bonchev–Trinajstić information content (AvgIpc) is 3.35. The molecule has 1 aromatic carbocycles. The van der Waals surface area contributed by atoms with Crippen LogP contribution in [0, 0.1) is 11.8 Å². The molecule has 0 bridgehead atoms. The molecule has 2 N–H and O–H groups in total. The van der Waals surface area contributed by atoms with Crippen LogP contribution < -0.4 is 15.8 Å². The maximum absolute atomic E-state index is 13.1. The van der Waals surface area contributed by atoms with Gasteiger partial charge in [0, 0.05) is 18.0 Å². The van der Waals surface area contributed by atoms with Crippen molar-refractivity contribution >= 4 is 28.8 Å². The third-order valence-electron chi connectivity index (χ3n) is 5.50. The van der Waals surface area contributed by atoms with E-state index in [4.69, 9.17) is 0 Å². The third kappa shape index (κ3) is 3.83. The molecule has 3 unspecified atom stereocenters. The molecule has 4 rings (SSSR count). The van der Waals surface area contributed by atoms with Gasteiger partial charge in [0.25, 0.3) is 0 Å². The van der Waals surface area contributed by atoms with Gasteiger partial charge in [0.1, 0.15) is 0 Å². The van der Waals surface area contributed by atoms with E-state index in [1.807, 2.05) is 47.8 Å². The van der Waals surface area contributed by atoms with Crippen molar-refractivity contribution in [2.24, 2.45) is 11.8 Å². The number of carbonyl (C=O) groups excluding carboxylic acids is 2.